The van der Waals surface area contributed by atoms with Gasteiger partial charge in [0.05, 0.1) is 16.9 Å². The monoisotopic (exact) mass is 473 g/mol. The maximum Gasteiger partial charge on any atom is 0.267 e. The molecule has 0 unspecified atom stereocenters. The van der Waals surface area contributed by atoms with Gasteiger partial charge in [0, 0.05) is 18.1 Å². The highest BCUT2D eigenvalue weighted by molar-refractivity contribution is 7.13. The van der Waals surface area contributed by atoms with E-state index in [4.69, 9.17) is 16.3 Å². The summed E-state index contributed by atoms with van der Waals surface area (Å²) in [4.78, 5) is 32.5. The number of halogens is 2. The Morgan fingerprint density at radius 3 is 2.62 bits per heavy atom. The molecule has 1 saturated heterocycles. The second-order valence-corrected chi connectivity index (χ2v) is 8.93. The lowest BCUT2D eigenvalue weighted by molar-refractivity contribution is 0.0794. The van der Waals surface area contributed by atoms with E-state index in [2.05, 4.69) is 10.3 Å². The van der Waals surface area contributed by atoms with Gasteiger partial charge in [0.15, 0.2) is 0 Å². The number of aryl methyl sites for hydroxylation is 1. The van der Waals surface area contributed by atoms with Crippen molar-refractivity contribution in [1.29, 1.82) is 0 Å². The van der Waals surface area contributed by atoms with Gasteiger partial charge in [-0.15, -0.1) is 11.3 Å². The van der Waals surface area contributed by atoms with Crippen LogP contribution in [0.2, 0.25) is 5.02 Å². The summed E-state index contributed by atoms with van der Waals surface area (Å²) >= 11 is 7.33. The van der Waals surface area contributed by atoms with E-state index in [1.807, 2.05) is 0 Å². The Morgan fingerprint density at radius 2 is 1.91 bits per heavy atom. The molecule has 6 nitrogen and oxygen atoms in total. The van der Waals surface area contributed by atoms with Gasteiger partial charge in [0.1, 0.15) is 28.1 Å². The summed E-state index contributed by atoms with van der Waals surface area (Å²) in [6.07, 6.45) is 1.94. The Balaban J connectivity index is 1.48. The van der Waals surface area contributed by atoms with E-state index in [1.165, 1.54) is 35.6 Å². The number of nitrogens with zero attached hydrogens (tertiary/aromatic N) is 2. The average molecular weight is 474 g/mol. The van der Waals surface area contributed by atoms with Gasteiger partial charge in [-0.2, -0.15) is 0 Å². The number of ether oxygens (including phenoxy) is 1. The van der Waals surface area contributed by atoms with E-state index in [-0.39, 0.29) is 24.2 Å². The summed E-state index contributed by atoms with van der Waals surface area (Å²) in [6, 6.07) is 10.5. The number of hydrogen-bond donors (Lipinski definition) is 1. The van der Waals surface area contributed by atoms with Crippen LogP contribution < -0.4 is 10.1 Å². The molecule has 1 aliphatic rings. The fourth-order valence-corrected chi connectivity index (χ4v) is 4.52. The molecule has 2 heterocycles. The fourth-order valence-electron chi connectivity index (χ4n) is 3.47. The molecule has 0 aliphatic carbocycles. The van der Waals surface area contributed by atoms with Gasteiger partial charge >= 0.3 is 0 Å². The Hall–Kier alpha value is -2.97. The molecule has 9 heteroatoms. The second kappa shape index (κ2) is 9.67. The van der Waals surface area contributed by atoms with Crippen LogP contribution in [-0.2, 0) is 6.61 Å². The maximum absolute atomic E-state index is 13.0. The third kappa shape index (κ3) is 5.08. The highest BCUT2D eigenvalue weighted by Crippen LogP contribution is 2.26. The van der Waals surface area contributed by atoms with Crippen LogP contribution in [0.5, 0.6) is 5.75 Å². The summed E-state index contributed by atoms with van der Waals surface area (Å²) in [5.41, 5.74) is 1.34. The number of aromatic nitrogens is 1. The van der Waals surface area contributed by atoms with Gasteiger partial charge in [-0.1, -0.05) is 11.6 Å². The Labute approximate surface area is 194 Å². The van der Waals surface area contributed by atoms with Crippen molar-refractivity contribution in [3.8, 4) is 5.75 Å². The van der Waals surface area contributed by atoms with Crippen LogP contribution in [0.1, 0.15) is 43.6 Å². The van der Waals surface area contributed by atoms with Gasteiger partial charge in [-0.3, -0.25) is 9.59 Å². The fraction of sp³-hybridized carbons (Fsp3) is 0.261. The van der Waals surface area contributed by atoms with E-state index in [9.17, 15) is 14.0 Å². The van der Waals surface area contributed by atoms with E-state index in [0.29, 0.717) is 50.7 Å². The first kappa shape index (κ1) is 22.2. The number of anilines is 1. The minimum atomic E-state index is -0.356. The largest absolute Gasteiger partial charge is 0.486 e. The van der Waals surface area contributed by atoms with Gasteiger partial charge < -0.3 is 15.0 Å². The highest BCUT2D eigenvalue weighted by Gasteiger charge is 2.24. The standard InChI is InChI=1S/C23H21ClFN3O3S/c1-14-21(32-20(26-14)13-31-17-7-5-16(25)6-8-17)22(29)27-19-9-4-15(24)12-18(19)23(30)28-10-2-3-11-28/h4-9,12H,2-3,10-11,13H2,1H3,(H,27,29). The molecule has 1 N–H and O–H groups in total. The predicted octanol–water partition coefficient (Wildman–Crippen LogP) is 5.31. The van der Waals surface area contributed by atoms with Crippen LogP contribution in [0, 0.1) is 12.7 Å². The topological polar surface area (TPSA) is 71.5 Å². The number of carbonyl (C=O) groups is 2. The Kier molecular flexibility index (Phi) is 6.72. The molecule has 4 rings (SSSR count). The molecule has 2 amide bonds. The smallest absolute Gasteiger partial charge is 0.267 e. The Bertz CT molecular complexity index is 1140. The van der Waals surface area contributed by atoms with E-state index < -0.39 is 0 Å². The minimum absolute atomic E-state index is 0.144. The van der Waals surface area contributed by atoms with Crippen molar-refractivity contribution in [1.82, 2.24) is 9.88 Å². The first-order valence-electron chi connectivity index (χ1n) is 10.2. The summed E-state index contributed by atoms with van der Waals surface area (Å²) < 4.78 is 18.6. The zero-order valence-electron chi connectivity index (χ0n) is 17.4. The molecule has 32 heavy (non-hydrogen) atoms. The molecular formula is C23H21ClFN3O3S. The van der Waals surface area contributed by atoms with Crippen molar-refractivity contribution < 1.29 is 18.7 Å². The van der Waals surface area contributed by atoms with E-state index in [1.54, 1.807) is 30.0 Å². The van der Waals surface area contributed by atoms with Crippen molar-refractivity contribution >= 4 is 40.4 Å². The van der Waals surface area contributed by atoms with Crippen molar-refractivity contribution in [3.05, 3.63) is 74.4 Å². The van der Waals surface area contributed by atoms with Gasteiger partial charge in [0.25, 0.3) is 11.8 Å². The lowest BCUT2D eigenvalue weighted by Crippen LogP contribution is -2.28. The number of amides is 2. The SMILES string of the molecule is Cc1nc(COc2ccc(F)cc2)sc1C(=O)Nc1ccc(Cl)cc1C(=O)N1CCCC1. The van der Waals surface area contributed by atoms with Crippen LogP contribution in [0.15, 0.2) is 42.5 Å². The molecular weight excluding hydrogens is 453 g/mol. The molecule has 0 bridgehead atoms. The van der Waals surface area contributed by atoms with Crippen LogP contribution in [-0.4, -0.2) is 34.8 Å². The third-order valence-electron chi connectivity index (χ3n) is 5.08. The molecule has 1 aromatic heterocycles. The van der Waals surface area contributed by atoms with Crippen LogP contribution in [0.25, 0.3) is 0 Å². The number of thiazole rings is 1. The lowest BCUT2D eigenvalue weighted by Gasteiger charge is -2.18. The van der Waals surface area contributed by atoms with Crippen LogP contribution in [0.3, 0.4) is 0 Å². The molecule has 0 spiro atoms. The molecule has 1 aliphatic heterocycles. The van der Waals surface area contributed by atoms with Gasteiger partial charge in [-0.25, -0.2) is 9.37 Å². The number of likely N-dealkylation sites (tertiary alicyclic amines) is 1. The Morgan fingerprint density at radius 1 is 1.19 bits per heavy atom. The second-order valence-electron chi connectivity index (χ2n) is 7.41. The van der Waals surface area contributed by atoms with Crippen molar-refractivity contribution in [2.24, 2.45) is 0 Å². The number of hydrogen-bond acceptors (Lipinski definition) is 5. The summed E-state index contributed by atoms with van der Waals surface area (Å²) in [5.74, 6) is -0.330. The summed E-state index contributed by atoms with van der Waals surface area (Å²) in [7, 11) is 0. The molecule has 0 saturated carbocycles. The first-order chi connectivity index (χ1) is 15.4. The molecule has 3 aromatic rings. The normalized spacial score (nSPS) is 13.3. The number of carbonyl (C=O) groups excluding carboxylic acids is 2. The third-order valence-corrected chi connectivity index (χ3v) is 6.44. The molecule has 0 radical (unpaired) electrons. The maximum atomic E-state index is 13.0. The molecule has 0 atom stereocenters. The van der Waals surface area contributed by atoms with Gasteiger partial charge in [0.2, 0.25) is 0 Å². The van der Waals surface area contributed by atoms with Crippen molar-refractivity contribution in [2.75, 3.05) is 18.4 Å². The van der Waals surface area contributed by atoms with Crippen LogP contribution >= 0.6 is 22.9 Å². The zero-order chi connectivity index (χ0) is 22.7. The predicted molar refractivity (Wildman–Crippen MR) is 122 cm³/mol. The molecule has 166 valence electrons. The van der Waals surface area contributed by atoms with Crippen molar-refractivity contribution in [2.45, 2.75) is 26.4 Å². The molecule has 2 aromatic carbocycles. The quantitative estimate of drug-likeness (QED) is 0.526. The van der Waals surface area contributed by atoms with E-state index >= 15 is 0 Å². The number of rotatable bonds is 6. The lowest BCUT2D eigenvalue weighted by atomic mass is 10.1. The highest BCUT2D eigenvalue weighted by atomic mass is 35.5. The summed E-state index contributed by atoms with van der Waals surface area (Å²) in [5, 5.41) is 3.88. The number of nitrogens with one attached hydrogen (secondary N) is 1. The zero-order valence-corrected chi connectivity index (χ0v) is 18.9. The number of benzene rings is 2. The van der Waals surface area contributed by atoms with Gasteiger partial charge in [-0.05, 0) is 62.2 Å². The van der Waals surface area contributed by atoms with Crippen molar-refractivity contribution in [3.63, 3.8) is 0 Å². The molecule has 1 fully saturated rings. The average Bonchev–Trinajstić information content (AvgIpc) is 3.44. The van der Waals surface area contributed by atoms with Crippen LogP contribution in [0.4, 0.5) is 10.1 Å². The minimum Gasteiger partial charge on any atom is -0.486 e. The first-order valence-corrected chi connectivity index (χ1v) is 11.3. The van der Waals surface area contributed by atoms with E-state index in [0.717, 1.165) is 12.8 Å². The summed E-state index contributed by atoms with van der Waals surface area (Å²) in [6.45, 7) is 3.29.